The molecule has 1 saturated carbocycles. The normalized spacial score (nSPS) is 40.6. The van der Waals surface area contributed by atoms with E-state index in [1.807, 2.05) is 0 Å². The summed E-state index contributed by atoms with van der Waals surface area (Å²) in [6.45, 7) is 10.6. The number of hydrogen-bond acceptors (Lipinski definition) is 2. The van der Waals surface area contributed by atoms with Gasteiger partial charge in [-0.05, 0) is 12.3 Å². The zero-order valence-electron chi connectivity index (χ0n) is 9.17. The standard InChI is InChI=1S/C12H18O2/c1-7-5-9(13)14-11-10(7)8(2)6-12(11,3)4/h7,10-11H,2,5-6H2,1,3-4H3. The zero-order chi connectivity index (χ0) is 10.5. The van der Waals surface area contributed by atoms with Gasteiger partial charge < -0.3 is 4.74 Å². The fourth-order valence-electron chi connectivity index (χ4n) is 3.02. The van der Waals surface area contributed by atoms with Crippen LogP contribution in [0.2, 0.25) is 0 Å². The number of ether oxygens (including phenoxy) is 1. The molecule has 1 heterocycles. The van der Waals surface area contributed by atoms with Gasteiger partial charge in [0, 0.05) is 17.8 Å². The number of carbonyl (C=O) groups is 1. The first-order valence-electron chi connectivity index (χ1n) is 5.29. The molecule has 3 atom stereocenters. The lowest BCUT2D eigenvalue weighted by Gasteiger charge is -2.36. The van der Waals surface area contributed by atoms with Gasteiger partial charge >= 0.3 is 5.97 Å². The van der Waals surface area contributed by atoms with Crippen LogP contribution < -0.4 is 0 Å². The van der Waals surface area contributed by atoms with Gasteiger partial charge in [0.15, 0.2) is 0 Å². The van der Waals surface area contributed by atoms with Crippen molar-refractivity contribution < 1.29 is 9.53 Å². The molecular formula is C12H18O2. The van der Waals surface area contributed by atoms with Gasteiger partial charge in [-0.1, -0.05) is 32.9 Å². The Balaban J connectivity index is 2.31. The second kappa shape index (κ2) is 2.85. The van der Waals surface area contributed by atoms with Gasteiger partial charge in [0.2, 0.25) is 0 Å². The molecule has 2 fully saturated rings. The highest BCUT2D eigenvalue weighted by molar-refractivity contribution is 5.71. The summed E-state index contributed by atoms with van der Waals surface area (Å²) in [5.74, 6) is 0.750. The largest absolute Gasteiger partial charge is 0.461 e. The quantitative estimate of drug-likeness (QED) is 0.437. The van der Waals surface area contributed by atoms with E-state index in [2.05, 4.69) is 27.4 Å². The molecule has 2 nitrogen and oxygen atoms in total. The fraction of sp³-hybridized carbons (Fsp3) is 0.750. The van der Waals surface area contributed by atoms with Gasteiger partial charge in [0.1, 0.15) is 6.10 Å². The third kappa shape index (κ3) is 1.28. The monoisotopic (exact) mass is 194 g/mol. The summed E-state index contributed by atoms with van der Waals surface area (Å²) in [7, 11) is 0. The molecular weight excluding hydrogens is 176 g/mol. The smallest absolute Gasteiger partial charge is 0.306 e. The topological polar surface area (TPSA) is 26.3 Å². The maximum Gasteiger partial charge on any atom is 0.306 e. The Morgan fingerprint density at radius 3 is 2.79 bits per heavy atom. The molecule has 1 aliphatic heterocycles. The predicted octanol–water partition coefficient (Wildman–Crippen LogP) is 2.54. The maximum atomic E-state index is 11.4. The molecule has 14 heavy (non-hydrogen) atoms. The lowest BCUT2D eigenvalue weighted by molar-refractivity contribution is -0.166. The van der Waals surface area contributed by atoms with Crippen LogP contribution in [-0.4, -0.2) is 12.1 Å². The van der Waals surface area contributed by atoms with Crippen molar-refractivity contribution >= 4 is 5.97 Å². The van der Waals surface area contributed by atoms with E-state index >= 15 is 0 Å². The van der Waals surface area contributed by atoms with E-state index in [1.54, 1.807) is 0 Å². The van der Waals surface area contributed by atoms with Crippen LogP contribution in [0.25, 0.3) is 0 Å². The van der Waals surface area contributed by atoms with Crippen molar-refractivity contribution in [3.05, 3.63) is 12.2 Å². The molecule has 0 amide bonds. The second-order valence-electron chi connectivity index (χ2n) is 5.44. The van der Waals surface area contributed by atoms with Crippen LogP contribution in [0, 0.1) is 17.3 Å². The maximum absolute atomic E-state index is 11.4. The first-order valence-corrected chi connectivity index (χ1v) is 5.29. The average molecular weight is 194 g/mol. The van der Waals surface area contributed by atoms with E-state index in [9.17, 15) is 4.79 Å². The summed E-state index contributed by atoms with van der Waals surface area (Å²) in [5.41, 5.74) is 1.34. The van der Waals surface area contributed by atoms with Crippen molar-refractivity contribution in [1.82, 2.24) is 0 Å². The van der Waals surface area contributed by atoms with E-state index < -0.39 is 0 Å². The Morgan fingerprint density at radius 2 is 2.14 bits per heavy atom. The molecule has 1 aliphatic carbocycles. The number of rotatable bonds is 0. The number of fused-ring (bicyclic) bond motifs is 1. The van der Waals surface area contributed by atoms with E-state index in [1.165, 1.54) is 5.57 Å². The van der Waals surface area contributed by atoms with Crippen LogP contribution in [-0.2, 0) is 9.53 Å². The molecule has 2 rings (SSSR count). The predicted molar refractivity (Wildman–Crippen MR) is 54.7 cm³/mol. The van der Waals surface area contributed by atoms with Crippen LogP contribution >= 0.6 is 0 Å². The third-order valence-electron chi connectivity index (χ3n) is 3.61. The highest BCUT2D eigenvalue weighted by Crippen LogP contribution is 2.51. The summed E-state index contributed by atoms with van der Waals surface area (Å²) >= 11 is 0. The Kier molecular flexibility index (Phi) is 1.98. The molecule has 0 radical (unpaired) electrons. The molecule has 2 heteroatoms. The van der Waals surface area contributed by atoms with Crippen molar-refractivity contribution in [1.29, 1.82) is 0 Å². The first-order chi connectivity index (χ1) is 6.42. The van der Waals surface area contributed by atoms with Gasteiger partial charge in [0.05, 0.1) is 0 Å². The highest BCUT2D eigenvalue weighted by Gasteiger charge is 2.51. The summed E-state index contributed by atoms with van der Waals surface area (Å²) < 4.78 is 5.47. The van der Waals surface area contributed by atoms with Crippen molar-refractivity contribution in [2.45, 2.75) is 39.7 Å². The Bertz CT molecular complexity index is 291. The lowest BCUT2D eigenvalue weighted by atomic mass is 9.79. The molecule has 0 N–H and O–H groups in total. The Morgan fingerprint density at radius 1 is 1.50 bits per heavy atom. The number of carbonyl (C=O) groups excluding carboxylic acids is 1. The molecule has 0 aromatic heterocycles. The van der Waals surface area contributed by atoms with Crippen molar-refractivity contribution in [3.8, 4) is 0 Å². The van der Waals surface area contributed by atoms with Gasteiger partial charge in [-0.2, -0.15) is 0 Å². The van der Waals surface area contributed by atoms with E-state index in [-0.39, 0.29) is 17.5 Å². The minimum atomic E-state index is -0.0403. The van der Waals surface area contributed by atoms with Gasteiger partial charge in [0.25, 0.3) is 0 Å². The Hall–Kier alpha value is -0.790. The summed E-state index contributed by atoms with van der Waals surface area (Å²) in [6, 6.07) is 0. The number of esters is 1. The SMILES string of the molecule is C=C1CC(C)(C)C2OC(=O)CC(C)C12. The van der Waals surface area contributed by atoms with E-state index in [0.717, 1.165) is 6.42 Å². The summed E-state index contributed by atoms with van der Waals surface area (Å²) in [6.07, 6.45) is 1.60. The van der Waals surface area contributed by atoms with Crippen molar-refractivity contribution in [3.63, 3.8) is 0 Å². The zero-order valence-corrected chi connectivity index (χ0v) is 9.17. The lowest BCUT2D eigenvalue weighted by Crippen LogP contribution is -2.41. The molecule has 1 saturated heterocycles. The van der Waals surface area contributed by atoms with Crippen LogP contribution in [0.5, 0.6) is 0 Å². The average Bonchev–Trinajstić information content (AvgIpc) is 2.21. The molecule has 2 aliphatic rings. The molecule has 0 spiro atoms. The third-order valence-corrected chi connectivity index (χ3v) is 3.61. The van der Waals surface area contributed by atoms with Crippen molar-refractivity contribution in [2.75, 3.05) is 0 Å². The fourth-order valence-corrected chi connectivity index (χ4v) is 3.02. The van der Waals surface area contributed by atoms with Crippen LogP contribution in [0.4, 0.5) is 0 Å². The number of hydrogen-bond donors (Lipinski definition) is 0. The molecule has 0 aromatic carbocycles. The first kappa shape index (κ1) is 9.75. The summed E-state index contributed by atoms with van der Waals surface area (Å²) in [5, 5.41) is 0. The van der Waals surface area contributed by atoms with Crippen molar-refractivity contribution in [2.24, 2.45) is 17.3 Å². The van der Waals surface area contributed by atoms with Crippen LogP contribution in [0.3, 0.4) is 0 Å². The highest BCUT2D eigenvalue weighted by atomic mass is 16.5. The molecule has 3 unspecified atom stereocenters. The Labute approximate surface area is 85.3 Å². The molecule has 78 valence electrons. The van der Waals surface area contributed by atoms with E-state index in [0.29, 0.717) is 18.3 Å². The second-order valence-corrected chi connectivity index (χ2v) is 5.44. The van der Waals surface area contributed by atoms with E-state index in [4.69, 9.17) is 4.74 Å². The van der Waals surface area contributed by atoms with Gasteiger partial charge in [-0.15, -0.1) is 0 Å². The minimum absolute atomic E-state index is 0.0403. The molecule has 0 aromatic rings. The van der Waals surface area contributed by atoms with Crippen LogP contribution in [0.15, 0.2) is 12.2 Å². The van der Waals surface area contributed by atoms with Crippen LogP contribution in [0.1, 0.15) is 33.6 Å². The molecule has 0 bridgehead atoms. The van der Waals surface area contributed by atoms with Gasteiger partial charge in [-0.25, -0.2) is 0 Å². The minimum Gasteiger partial charge on any atom is -0.461 e. The van der Waals surface area contributed by atoms with Gasteiger partial charge in [-0.3, -0.25) is 4.79 Å². The summed E-state index contributed by atoms with van der Waals surface area (Å²) in [4.78, 5) is 11.4.